The number of carboxylic acids is 1. The van der Waals surface area contributed by atoms with E-state index >= 15 is 0 Å². The second-order valence-electron chi connectivity index (χ2n) is 5.14. The van der Waals surface area contributed by atoms with E-state index < -0.39 is 17.8 Å². The van der Waals surface area contributed by atoms with Crippen molar-refractivity contribution < 1.29 is 19.4 Å². The zero-order valence-corrected chi connectivity index (χ0v) is 11.8. The normalized spacial score (nSPS) is 12.2. The number of amides is 1. The molecule has 0 saturated heterocycles. The van der Waals surface area contributed by atoms with Crippen LogP contribution < -0.4 is 15.6 Å². The summed E-state index contributed by atoms with van der Waals surface area (Å²) in [6, 6.07) is 6.61. The molecular weight excluding hydrogens is 258 g/mol. The van der Waals surface area contributed by atoms with Crippen molar-refractivity contribution in [2.75, 3.05) is 6.61 Å². The first kappa shape index (κ1) is 16.0. The number of carbonyl (C=O) groups is 2. The number of aliphatic carboxylic acids is 1. The third-order valence-electron chi connectivity index (χ3n) is 2.94. The number of carboxylic acid groups (broad SMARTS) is 1. The average Bonchev–Trinajstić information content (AvgIpc) is 2.36. The highest BCUT2D eigenvalue weighted by Crippen LogP contribution is 2.22. The standard InChI is InChI=1S/C15H21NO4/c1-10(2)7-8-20-12-5-3-11(4-6-12)13(15(18)19)9-14(16)17/h3-6,10,13H,7-9H2,1-2H3,(H2,16,17)(H,18,19)/p-1/t13-/m1/s1. The molecule has 0 fully saturated rings. The molecule has 1 amide bonds. The Labute approximate surface area is 118 Å². The van der Waals surface area contributed by atoms with E-state index in [1.807, 2.05) is 0 Å². The van der Waals surface area contributed by atoms with Crippen molar-refractivity contribution >= 4 is 11.9 Å². The van der Waals surface area contributed by atoms with Crippen LogP contribution in [0.15, 0.2) is 24.3 Å². The predicted molar refractivity (Wildman–Crippen MR) is 73.0 cm³/mol. The van der Waals surface area contributed by atoms with E-state index in [0.29, 0.717) is 23.8 Å². The van der Waals surface area contributed by atoms with E-state index in [2.05, 4.69) is 13.8 Å². The molecule has 0 saturated carbocycles. The van der Waals surface area contributed by atoms with Crippen LogP contribution in [0.5, 0.6) is 5.75 Å². The molecule has 0 heterocycles. The second kappa shape index (κ2) is 7.53. The molecule has 0 unspecified atom stereocenters. The first-order chi connectivity index (χ1) is 9.40. The Balaban J connectivity index is 2.68. The molecule has 0 aliphatic carbocycles. The van der Waals surface area contributed by atoms with E-state index in [1.165, 1.54) is 0 Å². The lowest BCUT2D eigenvalue weighted by atomic mass is 9.95. The van der Waals surface area contributed by atoms with Gasteiger partial charge >= 0.3 is 0 Å². The van der Waals surface area contributed by atoms with Gasteiger partial charge in [-0.25, -0.2) is 0 Å². The lowest BCUT2D eigenvalue weighted by Gasteiger charge is -2.17. The van der Waals surface area contributed by atoms with Crippen LogP contribution in [0.3, 0.4) is 0 Å². The maximum atomic E-state index is 11.0. The van der Waals surface area contributed by atoms with Gasteiger partial charge in [0, 0.05) is 18.3 Å². The van der Waals surface area contributed by atoms with Crippen LogP contribution in [0.1, 0.15) is 38.2 Å². The molecule has 1 rings (SSSR count). The first-order valence-electron chi connectivity index (χ1n) is 6.62. The molecule has 20 heavy (non-hydrogen) atoms. The Morgan fingerprint density at radius 1 is 1.25 bits per heavy atom. The zero-order chi connectivity index (χ0) is 15.1. The van der Waals surface area contributed by atoms with Crippen LogP contribution in [-0.4, -0.2) is 18.5 Å². The fraction of sp³-hybridized carbons (Fsp3) is 0.467. The molecule has 0 aromatic heterocycles. The van der Waals surface area contributed by atoms with Gasteiger partial charge in [0.05, 0.1) is 6.61 Å². The summed E-state index contributed by atoms with van der Waals surface area (Å²) in [6.45, 7) is 4.84. The quantitative estimate of drug-likeness (QED) is 0.762. The van der Waals surface area contributed by atoms with Gasteiger partial charge in [0.15, 0.2) is 0 Å². The van der Waals surface area contributed by atoms with Crippen molar-refractivity contribution in [3.05, 3.63) is 29.8 Å². The fourth-order valence-corrected chi connectivity index (χ4v) is 1.75. The molecule has 0 radical (unpaired) electrons. The summed E-state index contributed by atoms with van der Waals surface area (Å²) in [4.78, 5) is 21.9. The summed E-state index contributed by atoms with van der Waals surface area (Å²) in [5.41, 5.74) is 5.52. The Morgan fingerprint density at radius 2 is 1.85 bits per heavy atom. The number of benzene rings is 1. The predicted octanol–water partition coefficient (Wildman–Crippen LogP) is 0.820. The van der Waals surface area contributed by atoms with Crippen LogP contribution in [0.4, 0.5) is 0 Å². The molecule has 1 atom stereocenters. The summed E-state index contributed by atoms with van der Waals surface area (Å²) < 4.78 is 5.54. The molecule has 5 heteroatoms. The van der Waals surface area contributed by atoms with Gasteiger partial charge in [-0.1, -0.05) is 26.0 Å². The Morgan fingerprint density at radius 3 is 2.30 bits per heavy atom. The second-order valence-corrected chi connectivity index (χ2v) is 5.14. The van der Waals surface area contributed by atoms with E-state index in [9.17, 15) is 14.7 Å². The van der Waals surface area contributed by atoms with Gasteiger partial charge in [-0.3, -0.25) is 4.79 Å². The summed E-state index contributed by atoms with van der Waals surface area (Å²) in [7, 11) is 0. The topological polar surface area (TPSA) is 92.5 Å². The highest BCUT2D eigenvalue weighted by molar-refractivity contribution is 5.83. The van der Waals surface area contributed by atoms with E-state index in [1.54, 1.807) is 24.3 Å². The summed E-state index contributed by atoms with van der Waals surface area (Å²) in [5.74, 6) is -1.76. The Bertz CT molecular complexity index is 453. The SMILES string of the molecule is CC(C)CCOc1ccc([C@@H](CC(N)=O)C(=O)[O-])cc1. The van der Waals surface area contributed by atoms with Crippen molar-refractivity contribution in [2.45, 2.75) is 32.6 Å². The van der Waals surface area contributed by atoms with Crippen LogP contribution in [0.2, 0.25) is 0 Å². The van der Waals surface area contributed by atoms with Gasteiger partial charge < -0.3 is 20.4 Å². The number of rotatable bonds is 8. The van der Waals surface area contributed by atoms with Crippen LogP contribution in [0.25, 0.3) is 0 Å². The van der Waals surface area contributed by atoms with Crippen molar-refractivity contribution in [3.63, 3.8) is 0 Å². The summed E-state index contributed by atoms with van der Waals surface area (Å²) in [5, 5.41) is 11.0. The minimum absolute atomic E-state index is 0.268. The number of hydrogen-bond acceptors (Lipinski definition) is 4. The lowest BCUT2D eigenvalue weighted by molar-refractivity contribution is -0.308. The maximum Gasteiger partial charge on any atom is 0.218 e. The van der Waals surface area contributed by atoms with E-state index in [0.717, 1.165) is 6.42 Å². The van der Waals surface area contributed by atoms with Crippen LogP contribution in [0, 0.1) is 5.92 Å². The minimum atomic E-state index is -1.31. The molecule has 2 N–H and O–H groups in total. The minimum Gasteiger partial charge on any atom is -0.549 e. The molecule has 0 aliphatic rings. The monoisotopic (exact) mass is 278 g/mol. The lowest BCUT2D eigenvalue weighted by Crippen LogP contribution is -2.32. The first-order valence-corrected chi connectivity index (χ1v) is 6.62. The largest absolute Gasteiger partial charge is 0.549 e. The smallest absolute Gasteiger partial charge is 0.218 e. The number of hydrogen-bond donors (Lipinski definition) is 1. The highest BCUT2D eigenvalue weighted by atomic mass is 16.5. The van der Waals surface area contributed by atoms with Crippen molar-refractivity contribution in [2.24, 2.45) is 11.7 Å². The van der Waals surface area contributed by atoms with Crippen LogP contribution in [-0.2, 0) is 9.59 Å². The number of primary amides is 1. The van der Waals surface area contributed by atoms with Crippen molar-refractivity contribution in [1.82, 2.24) is 0 Å². The molecule has 0 aliphatic heterocycles. The van der Waals surface area contributed by atoms with E-state index in [-0.39, 0.29) is 6.42 Å². The van der Waals surface area contributed by atoms with Crippen molar-refractivity contribution in [1.29, 1.82) is 0 Å². The summed E-state index contributed by atoms with van der Waals surface area (Å²) in [6.07, 6.45) is 0.682. The van der Waals surface area contributed by atoms with Gasteiger partial charge in [-0.15, -0.1) is 0 Å². The van der Waals surface area contributed by atoms with Gasteiger partial charge in [0.1, 0.15) is 5.75 Å². The molecule has 5 nitrogen and oxygen atoms in total. The van der Waals surface area contributed by atoms with E-state index in [4.69, 9.17) is 10.5 Å². The van der Waals surface area contributed by atoms with Gasteiger partial charge in [0.25, 0.3) is 0 Å². The van der Waals surface area contributed by atoms with Crippen LogP contribution >= 0.6 is 0 Å². The third kappa shape index (κ3) is 5.30. The fourth-order valence-electron chi connectivity index (χ4n) is 1.75. The van der Waals surface area contributed by atoms with Gasteiger partial charge in [0.2, 0.25) is 5.91 Å². The molecule has 1 aromatic carbocycles. The molecule has 0 bridgehead atoms. The Kier molecular flexibility index (Phi) is 6.03. The van der Waals surface area contributed by atoms with Gasteiger partial charge in [-0.05, 0) is 30.0 Å². The van der Waals surface area contributed by atoms with Crippen molar-refractivity contribution in [3.8, 4) is 5.75 Å². The van der Waals surface area contributed by atoms with Gasteiger partial charge in [-0.2, -0.15) is 0 Å². The average molecular weight is 278 g/mol. The highest BCUT2D eigenvalue weighted by Gasteiger charge is 2.15. The molecule has 0 spiro atoms. The molecule has 110 valence electrons. The number of nitrogens with two attached hydrogens (primary N) is 1. The Hall–Kier alpha value is -2.04. The molecule has 1 aromatic rings. The maximum absolute atomic E-state index is 11.0. The summed E-state index contributed by atoms with van der Waals surface area (Å²) >= 11 is 0. The zero-order valence-electron chi connectivity index (χ0n) is 11.8. The number of ether oxygens (including phenoxy) is 1. The third-order valence-corrected chi connectivity index (χ3v) is 2.94. The number of carbonyl (C=O) groups excluding carboxylic acids is 2. The molecular formula is C15H20NO4-.